The van der Waals surface area contributed by atoms with Crippen molar-refractivity contribution in [1.29, 1.82) is 0 Å². The first kappa shape index (κ1) is 9.90. The number of hydrogen-bond acceptors (Lipinski definition) is 1. The Morgan fingerprint density at radius 1 is 1.40 bits per heavy atom. The highest BCUT2D eigenvalue weighted by molar-refractivity contribution is 5.65. The molecule has 0 bridgehead atoms. The first-order chi connectivity index (χ1) is 7.20. The van der Waals surface area contributed by atoms with Gasteiger partial charge in [0.05, 0.1) is 6.20 Å². The molecule has 1 aromatic heterocycles. The van der Waals surface area contributed by atoms with Gasteiger partial charge in [-0.05, 0) is 37.1 Å². The quantitative estimate of drug-likeness (QED) is 0.735. The molecule has 78 valence electrons. The number of aryl methyl sites for hydroxylation is 2. The molecule has 0 fully saturated rings. The zero-order chi connectivity index (χ0) is 10.8. The summed E-state index contributed by atoms with van der Waals surface area (Å²) in [7, 11) is 0. The molecule has 0 spiro atoms. The highest BCUT2D eigenvalue weighted by Crippen LogP contribution is 2.23. The van der Waals surface area contributed by atoms with Crippen LogP contribution in [0.3, 0.4) is 0 Å². The van der Waals surface area contributed by atoms with Gasteiger partial charge in [-0.1, -0.05) is 6.07 Å². The Bertz CT molecular complexity index is 474. The molecule has 0 aliphatic carbocycles. The van der Waals surface area contributed by atoms with Gasteiger partial charge in [0.15, 0.2) is 0 Å². The van der Waals surface area contributed by atoms with Crippen molar-refractivity contribution in [2.75, 3.05) is 0 Å². The monoisotopic (exact) mass is 204 g/mol. The molecular weight excluding hydrogens is 191 g/mol. The lowest BCUT2D eigenvalue weighted by Gasteiger charge is -2.02. The van der Waals surface area contributed by atoms with E-state index in [1.54, 1.807) is 12.1 Å². The minimum absolute atomic E-state index is 0.195. The molecule has 2 aromatic rings. The fourth-order valence-electron chi connectivity index (χ4n) is 1.63. The van der Waals surface area contributed by atoms with Crippen molar-refractivity contribution >= 4 is 0 Å². The third kappa shape index (κ3) is 1.91. The lowest BCUT2D eigenvalue weighted by Crippen LogP contribution is -1.92. The van der Waals surface area contributed by atoms with Crippen LogP contribution in [0.1, 0.15) is 12.5 Å². The van der Waals surface area contributed by atoms with Crippen LogP contribution < -0.4 is 0 Å². The average molecular weight is 204 g/mol. The van der Waals surface area contributed by atoms with Gasteiger partial charge in [0.25, 0.3) is 0 Å². The van der Waals surface area contributed by atoms with E-state index in [0.29, 0.717) is 0 Å². The van der Waals surface area contributed by atoms with Gasteiger partial charge in [0.2, 0.25) is 0 Å². The van der Waals surface area contributed by atoms with E-state index in [2.05, 4.69) is 5.10 Å². The molecule has 1 heterocycles. The van der Waals surface area contributed by atoms with Crippen LogP contribution in [0.5, 0.6) is 0 Å². The third-order valence-corrected chi connectivity index (χ3v) is 2.46. The zero-order valence-corrected chi connectivity index (χ0v) is 8.87. The third-order valence-electron chi connectivity index (χ3n) is 2.46. The molecule has 1 aromatic carbocycles. The minimum Gasteiger partial charge on any atom is -0.272 e. The molecule has 0 saturated carbocycles. The van der Waals surface area contributed by atoms with E-state index in [-0.39, 0.29) is 5.82 Å². The predicted molar refractivity (Wildman–Crippen MR) is 58.0 cm³/mol. The van der Waals surface area contributed by atoms with Crippen LogP contribution in [0.2, 0.25) is 0 Å². The normalized spacial score (nSPS) is 10.6. The van der Waals surface area contributed by atoms with Crippen molar-refractivity contribution in [1.82, 2.24) is 9.78 Å². The molecule has 0 saturated heterocycles. The Balaban J connectivity index is 2.44. The lowest BCUT2D eigenvalue weighted by atomic mass is 10.0. The summed E-state index contributed by atoms with van der Waals surface area (Å²) in [6.45, 7) is 4.79. The van der Waals surface area contributed by atoms with Crippen LogP contribution in [0, 0.1) is 12.7 Å². The van der Waals surface area contributed by atoms with Crippen LogP contribution in [-0.4, -0.2) is 9.78 Å². The summed E-state index contributed by atoms with van der Waals surface area (Å²) in [5.41, 5.74) is 3.01. The topological polar surface area (TPSA) is 17.8 Å². The summed E-state index contributed by atoms with van der Waals surface area (Å²) >= 11 is 0. The maximum Gasteiger partial charge on any atom is 0.123 e. The summed E-state index contributed by atoms with van der Waals surface area (Å²) in [5, 5.41) is 4.20. The van der Waals surface area contributed by atoms with Crippen molar-refractivity contribution in [3.05, 3.63) is 42.0 Å². The molecule has 2 nitrogen and oxygen atoms in total. The molecule has 0 atom stereocenters. The first-order valence-electron chi connectivity index (χ1n) is 4.99. The van der Waals surface area contributed by atoms with Crippen LogP contribution in [0.25, 0.3) is 11.1 Å². The second-order valence-corrected chi connectivity index (χ2v) is 3.54. The second kappa shape index (κ2) is 3.85. The molecule has 0 aliphatic rings. The number of aromatic nitrogens is 2. The predicted octanol–water partition coefficient (Wildman–Crippen LogP) is 3.02. The fourth-order valence-corrected chi connectivity index (χ4v) is 1.63. The van der Waals surface area contributed by atoms with Crippen molar-refractivity contribution in [3.8, 4) is 11.1 Å². The van der Waals surface area contributed by atoms with E-state index in [1.165, 1.54) is 6.07 Å². The second-order valence-electron chi connectivity index (χ2n) is 3.54. The maximum atomic E-state index is 12.9. The van der Waals surface area contributed by atoms with Crippen LogP contribution in [-0.2, 0) is 6.54 Å². The van der Waals surface area contributed by atoms with E-state index in [1.807, 2.05) is 30.9 Å². The van der Waals surface area contributed by atoms with Crippen molar-refractivity contribution < 1.29 is 4.39 Å². The average Bonchev–Trinajstić information content (AvgIpc) is 2.66. The molecule has 0 aliphatic heterocycles. The van der Waals surface area contributed by atoms with Crippen molar-refractivity contribution in [3.63, 3.8) is 0 Å². The van der Waals surface area contributed by atoms with Gasteiger partial charge in [0.1, 0.15) is 5.82 Å². The van der Waals surface area contributed by atoms with E-state index in [9.17, 15) is 4.39 Å². The van der Waals surface area contributed by atoms with Gasteiger partial charge in [-0.25, -0.2) is 4.39 Å². The van der Waals surface area contributed by atoms with Crippen molar-refractivity contribution in [2.24, 2.45) is 0 Å². The van der Waals surface area contributed by atoms with Gasteiger partial charge in [-0.15, -0.1) is 0 Å². The first-order valence-corrected chi connectivity index (χ1v) is 4.99. The van der Waals surface area contributed by atoms with E-state index in [0.717, 1.165) is 23.2 Å². The zero-order valence-electron chi connectivity index (χ0n) is 8.87. The van der Waals surface area contributed by atoms with Crippen LogP contribution >= 0.6 is 0 Å². The number of nitrogens with zero attached hydrogens (tertiary/aromatic N) is 2. The summed E-state index contributed by atoms with van der Waals surface area (Å²) in [4.78, 5) is 0. The summed E-state index contributed by atoms with van der Waals surface area (Å²) in [6.07, 6.45) is 3.78. The van der Waals surface area contributed by atoms with Gasteiger partial charge in [-0.3, -0.25) is 4.68 Å². The highest BCUT2D eigenvalue weighted by Gasteiger charge is 2.04. The summed E-state index contributed by atoms with van der Waals surface area (Å²) in [6, 6.07) is 4.81. The van der Waals surface area contributed by atoms with Crippen molar-refractivity contribution in [2.45, 2.75) is 20.4 Å². The molecule has 3 heteroatoms. The fraction of sp³-hybridized carbons (Fsp3) is 0.250. The Hall–Kier alpha value is -1.64. The number of benzene rings is 1. The minimum atomic E-state index is -0.195. The molecule has 0 radical (unpaired) electrons. The Kier molecular flexibility index (Phi) is 2.54. The van der Waals surface area contributed by atoms with Gasteiger partial charge < -0.3 is 0 Å². The number of hydrogen-bond donors (Lipinski definition) is 0. The summed E-state index contributed by atoms with van der Waals surface area (Å²) < 4.78 is 14.8. The standard InChI is InChI=1S/C12H13FN2/c1-3-15-8-10(7-14-15)12-5-4-11(13)6-9(12)2/h4-8H,3H2,1-2H3. The molecule has 15 heavy (non-hydrogen) atoms. The van der Waals surface area contributed by atoms with Gasteiger partial charge in [-0.2, -0.15) is 5.10 Å². The molecule has 0 unspecified atom stereocenters. The van der Waals surface area contributed by atoms with Gasteiger partial charge >= 0.3 is 0 Å². The molecule has 0 N–H and O–H groups in total. The Morgan fingerprint density at radius 2 is 2.20 bits per heavy atom. The lowest BCUT2D eigenvalue weighted by molar-refractivity contribution is 0.627. The maximum absolute atomic E-state index is 12.9. The molecule has 2 rings (SSSR count). The highest BCUT2D eigenvalue weighted by atomic mass is 19.1. The smallest absolute Gasteiger partial charge is 0.123 e. The number of rotatable bonds is 2. The van der Waals surface area contributed by atoms with Gasteiger partial charge in [0, 0.05) is 18.3 Å². The SMILES string of the molecule is CCn1cc(-c2ccc(F)cc2C)cn1. The van der Waals surface area contributed by atoms with Crippen LogP contribution in [0.15, 0.2) is 30.6 Å². The largest absolute Gasteiger partial charge is 0.272 e. The summed E-state index contributed by atoms with van der Waals surface area (Å²) in [5.74, 6) is -0.195. The van der Waals surface area contributed by atoms with Crippen LogP contribution in [0.4, 0.5) is 4.39 Å². The van der Waals surface area contributed by atoms with E-state index < -0.39 is 0 Å². The van der Waals surface area contributed by atoms with E-state index >= 15 is 0 Å². The van der Waals surface area contributed by atoms with E-state index in [4.69, 9.17) is 0 Å². The Morgan fingerprint density at radius 3 is 2.80 bits per heavy atom. The molecular formula is C12H13FN2. The molecule has 0 amide bonds. The number of halogens is 1. The Labute approximate surface area is 88.4 Å².